The van der Waals surface area contributed by atoms with E-state index in [-0.39, 0.29) is 11.3 Å². The lowest BCUT2D eigenvalue weighted by Gasteiger charge is -2.20. The van der Waals surface area contributed by atoms with E-state index in [0.29, 0.717) is 25.1 Å². The van der Waals surface area contributed by atoms with Crippen LogP contribution in [0.5, 0.6) is 5.75 Å². The Morgan fingerprint density at radius 1 is 1.17 bits per heavy atom. The molecule has 0 aliphatic heterocycles. The second-order valence-corrected chi connectivity index (χ2v) is 5.34. The third-order valence-electron chi connectivity index (χ3n) is 2.33. The number of benzene rings is 1. The van der Waals surface area contributed by atoms with Crippen molar-refractivity contribution in [1.29, 1.82) is 0 Å². The fourth-order valence-corrected chi connectivity index (χ4v) is 1.42. The molecule has 2 nitrogen and oxygen atoms in total. The lowest BCUT2D eigenvalue weighted by atomic mass is 10.1. The van der Waals surface area contributed by atoms with Crippen molar-refractivity contribution in [2.45, 2.75) is 46.2 Å². The number of hydrogen-bond donors (Lipinski definition) is 1. The number of ether oxygens (including phenoxy) is 1. The molecule has 0 aliphatic rings. The lowest BCUT2D eigenvalue weighted by molar-refractivity contribution is 0.284. The van der Waals surface area contributed by atoms with Crippen LogP contribution in [0.25, 0.3) is 0 Å². The van der Waals surface area contributed by atoms with Crippen molar-refractivity contribution in [3.05, 3.63) is 29.3 Å². The highest BCUT2D eigenvalue weighted by Gasteiger charge is 2.14. The number of rotatable bonds is 5. The van der Waals surface area contributed by atoms with Gasteiger partial charge in [0.2, 0.25) is 0 Å². The van der Waals surface area contributed by atoms with Crippen LogP contribution in [0.2, 0.25) is 0 Å². The summed E-state index contributed by atoms with van der Waals surface area (Å²) in [6, 6.07) is 2.62. The first-order valence-corrected chi connectivity index (χ1v) is 6.19. The van der Waals surface area contributed by atoms with Crippen LogP contribution in [0.15, 0.2) is 12.1 Å². The molecule has 102 valence electrons. The maximum absolute atomic E-state index is 13.7. The lowest BCUT2D eigenvalue weighted by Crippen LogP contribution is -2.35. The topological polar surface area (TPSA) is 21.3 Å². The molecule has 0 heterocycles. The molecule has 0 radical (unpaired) electrons. The Balaban J connectivity index is 2.79. The summed E-state index contributed by atoms with van der Waals surface area (Å²) in [6.07, 6.45) is 0.714. The Labute approximate surface area is 107 Å². The highest BCUT2D eigenvalue weighted by atomic mass is 19.1. The molecule has 0 atom stereocenters. The Morgan fingerprint density at radius 2 is 1.72 bits per heavy atom. The van der Waals surface area contributed by atoms with Gasteiger partial charge in [0.1, 0.15) is 0 Å². The minimum absolute atomic E-state index is 0.0929. The van der Waals surface area contributed by atoms with Crippen LogP contribution in [0, 0.1) is 11.6 Å². The third-order valence-corrected chi connectivity index (χ3v) is 2.33. The van der Waals surface area contributed by atoms with Gasteiger partial charge >= 0.3 is 0 Å². The molecule has 0 saturated heterocycles. The van der Waals surface area contributed by atoms with Gasteiger partial charge in [0, 0.05) is 12.1 Å². The molecule has 0 unspecified atom stereocenters. The van der Waals surface area contributed by atoms with Gasteiger partial charge in [-0.25, -0.2) is 8.78 Å². The summed E-state index contributed by atoms with van der Waals surface area (Å²) in [5, 5.41) is 3.18. The molecule has 0 bridgehead atoms. The highest BCUT2D eigenvalue weighted by Crippen LogP contribution is 2.23. The van der Waals surface area contributed by atoms with E-state index in [2.05, 4.69) is 5.32 Å². The van der Waals surface area contributed by atoms with Crippen molar-refractivity contribution in [3.8, 4) is 5.75 Å². The van der Waals surface area contributed by atoms with Crippen molar-refractivity contribution < 1.29 is 13.5 Å². The average Bonchev–Trinajstić information content (AvgIpc) is 2.24. The third kappa shape index (κ3) is 4.61. The first kappa shape index (κ1) is 14.9. The van der Waals surface area contributed by atoms with E-state index in [1.165, 1.54) is 12.1 Å². The van der Waals surface area contributed by atoms with E-state index in [9.17, 15) is 8.78 Å². The van der Waals surface area contributed by atoms with Crippen LogP contribution in [0.1, 0.15) is 39.7 Å². The van der Waals surface area contributed by atoms with Crippen LogP contribution in [-0.2, 0) is 6.54 Å². The Kier molecular flexibility index (Phi) is 5.08. The van der Waals surface area contributed by atoms with Crippen LogP contribution >= 0.6 is 0 Å². The van der Waals surface area contributed by atoms with Gasteiger partial charge in [0.25, 0.3) is 0 Å². The maximum Gasteiger partial charge on any atom is 0.190 e. The second kappa shape index (κ2) is 6.14. The van der Waals surface area contributed by atoms with Gasteiger partial charge in [-0.2, -0.15) is 0 Å². The van der Waals surface area contributed by atoms with E-state index >= 15 is 0 Å². The molecule has 1 aromatic carbocycles. The molecule has 0 spiro atoms. The molecule has 0 aliphatic carbocycles. The van der Waals surface area contributed by atoms with Gasteiger partial charge in [-0.05, 0) is 44.9 Å². The number of halogens is 2. The smallest absolute Gasteiger partial charge is 0.190 e. The van der Waals surface area contributed by atoms with Crippen molar-refractivity contribution in [3.63, 3.8) is 0 Å². The number of hydrogen-bond acceptors (Lipinski definition) is 2. The van der Waals surface area contributed by atoms with Crippen molar-refractivity contribution in [2.75, 3.05) is 6.61 Å². The minimum Gasteiger partial charge on any atom is -0.488 e. The molecular weight excluding hydrogens is 236 g/mol. The summed E-state index contributed by atoms with van der Waals surface area (Å²) < 4.78 is 32.4. The van der Waals surface area contributed by atoms with E-state index in [1.54, 1.807) is 0 Å². The van der Waals surface area contributed by atoms with Crippen molar-refractivity contribution >= 4 is 0 Å². The largest absolute Gasteiger partial charge is 0.488 e. The summed E-state index contributed by atoms with van der Waals surface area (Å²) in [7, 11) is 0. The van der Waals surface area contributed by atoms with Crippen molar-refractivity contribution in [1.82, 2.24) is 5.32 Å². The molecule has 0 saturated carbocycles. The van der Waals surface area contributed by atoms with Gasteiger partial charge in [0.15, 0.2) is 17.4 Å². The van der Waals surface area contributed by atoms with E-state index < -0.39 is 11.6 Å². The molecule has 4 heteroatoms. The van der Waals surface area contributed by atoms with Crippen LogP contribution in [0.4, 0.5) is 8.78 Å². The van der Waals surface area contributed by atoms with E-state index in [0.717, 1.165) is 0 Å². The van der Waals surface area contributed by atoms with E-state index in [4.69, 9.17) is 4.74 Å². The van der Waals surface area contributed by atoms with Gasteiger partial charge < -0.3 is 10.1 Å². The van der Waals surface area contributed by atoms with Crippen LogP contribution in [0.3, 0.4) is 0 Å². The van der Waals surface area contributed by atoms with Gasteiger partial charge in [-0.1, -0.05) is 6.92 Å². The molecule has 1 N–H and O–H groups in total. The SMILES string of the molecule is CCCOc1c(F)cc(CNC(C)(C)C)cc1F. The molecule has 1 rings (SSSR count). The first-order valence-electron chi connectivity index (χ1n) is 6.19. The summed E-state index contributed by atoms with van der Waals surface area (Å²) >= 11 is 0. The molecular formula is C14H21F2NO. The second-order valence-electron chi connectivity index (χ2n) is 5.34. The van der Waals surface area contributed by atoms with Gasteiger partial charge in [0.05, 0.1) is 6.61 Å². The normalized spacial score (nSPS) is 11.7. The first-order chi connectivity index (χ1) is 8.33. The van der Waals surface area contributed by atoms with Crippen molar-refractivity contribution in [2.24, 2.45) is 0 Å². The predicted molar refractivity (Wildman–Crippen MR) is 68.7 cm³/mol. The fourth-order valence-electron chi connectivity index (χ4n) is 1.42. The fraction of sp³-hybridized carbons (Fsp3) is 0.571. The standard InChI is InChI=1S/C14H21F2NO/c1-5-6-18-13-11(15)7-10(8-12(13)16)9-17-14(2,3)4/h7-8,17H,5-6,9H2,1-4H3. The summed E-state index contributed by atoms with van der Waals surface area (Å²) in [5.41, 5.74) is 0.480. The summed E-state index contributed by atoms with van der Waals surface area (Å²) in [5.74, 6) is -1.57. The maximum atomic E-state index is 13.7. The molecule has 0 fully saturated rings. The minimum atomic E-state index is -0.644. The molecule has 0 aromatic heterocycles. The Hall–Kier alpha value is -1.16. The highest BCUT2D eigenvalue weighted by molar-refractivity contribution is 5.31. The van der Waals surface area contributed by atoms with E-state index in [1.807, 2.05) is 27.7 Å². The average molecular weight is 257 g/mol. The quantitative estimate of drug-likeness (QED) is 0.869. The van der Waals surface area contributed by atoms with Crippen LogP contribution < -0.4 is 10.1 Å². The molecule has 1 aromatic rings. The summed E-state index contributed by atoms with van der Waals surface area (Å²) in [6.45, 7) is 8.62. The molecule has 18 heavy (non-hydrogen) atoms. The van der Waals surface area contributed by atoms with Crippen LogP contribution in [-0.4, -0.2) is 12.1 Å². The Bertz CT molecular complexity index is 376. The molecule has 0 amide bonds. The predicted octanol–water partition coefficient (Wildman–Crippen LogP) is 3.64. The Morgan fingerprint density at radius 3 is 2.17 bits per heavy atom. The van der Waals surface area contributed by atoms with Gasteiger partial charge in [-0.15, -0.1) is 0 Å². The zero-order valence-corrected chi connectivity index (χ0v) is 11.4. The zero-order valence-electron chi connectivity index (χ0n) is 11.4. The zero-order chi connectivity index (χ0) is 13.8. The number of nitrogens with one attached hydrogen (secondary N) is 1. The van der Waals surface area contributed by atoms with Gasteiger partial charge in [-0.3, -0.25) is 0 Å². The monoisotopic (exact) mass is 257 g/mol. The summed E-state index contributed by atoms with van der Waals surface area (Å²) in [4.78, 5) is 0.